The molecule has 4 nitrogen and oxygen atoms in total. The number of hydrogen-bond acceptors (Lipinski definition) is 4. The lowest BCUT2D eigenvalue weighted by Crippen LogP contribution is -2.31. The molecule has 1 aliphatic rings. The van der Waals surface area contributed by atoms with Crippen molar-refractivity contribution in [3.8, 4) is 11.5 Å². The summed E-state index contributed by atoms with van der Waals surface area (Å²) in [6, 6.07) is 5.52. The molecule has 1 aliphatic heterocycles. The number of ether oxygens (including phenoxy) is 2. The van der Waals surface area contributed by atoms with Gasteiger partial charge in [0, 0.05) is 24.7 Å². The number of alkyl halides is 1. The molecule has 0 radical (unpaired) electrons. The van der Waals surface area contributed by atoms with Crippen molar-refractivity contribution in [1.82, 2.24) is 4.90 Å². The van der Waals surface area contributed by atoms with E-state index >= 15 is 0 Å². The summed E-state index contributed by atoms with van der Waals surface area (Å²) in [5.41, 5.74) is 0.939. The van der Waals surface area contributed by atoms with Crippen molar-refractivity contribution in [3.63, 3.8) is 0 Å². The molecular formula is C14H20FNO3. The fourth-order valence-corrected chi connectivity index (χ4v) is 2.60. The molecule has 0 unspecified atom stereocenters. The number of methoxy groups -OCH3 is 2. The molecule has 0 aliphatic carbocycles. The normalized spacial score (nSPS) is 23.6. The summed E-state index contributed by atoms with van der Waals surface area (Å²) >= 11 is 0. The summed E-state index contributed by atoms with van der Waals surface area (Å²) in [6.45, 7) is 0.879. The molecule has 0 bridgehead atoms. The number of nitrogens with zero attached hydrogens (tertiary/aromatic N) is 1. The minimum Gasteiger partial charge on any atom is -0.493 e. The van der Waals surface area contributed by atoms with Crippen molar-refractivity contribution >= 4 is 0 Å². The van der Waals surface area contributed by atoms with Crippen LogP contribution in [0.1, 0.15) is 12.0 Å². The molecule has 0 spiro atoms. The monoisotopic (exact) mass is 269 g/mol. The Morgan fingerprint density at radius 1 is 1.37 bits per heavy atom. The van der Waals surface area contributed by atoms with Gasteiger partial charge in [-0.05, 0) is 12.5 Å². The van der Waals surface area contributed by atoms with E-state index in [2.05, 4.69) is 0 Å². The standard InChI is InChI=1S/C14H20FNO3/c1-18-13-5-3-4-10(14(13)19-2)7-16-8-11(15)6-12(16)9-17/h3-5,11-12,17H,6-9H2,1-2H3/t11-,12-/m0/s1. The van der Waals surface area contributed by atoms with E-state index < -0.39 is 6.17 Å². The minimum absolute atomic E-state index is 0.0211. The number of hydrogen-bond donors (Lipinski definition) is 1. The molecule has 1 aromatic rings. The van der Waals surface area contributed by atoms with E-state index in [1.165, 1.54) is 0 Å². The number of aliphatic hydroxyl groups excluding tert-OH is 1. The van der Waals surface area contributed by atoms with E-state index in [-0.39, 0.29) is 12.6 Å². The number of aliphatic hydroxyl groups is 1. The molecule has 1 fully saturated rings. The number of rotatable bonds is 5. The van der Waals surface area contributed by atoms with Crippen molar-refractivity contribution in [2.24, 2.45) is 0 Å². The van der Waals surface area contributed by atoms with Gasteiger partial charge in [-0.25, -0.2) is 4.39 Å². The first-order chi connectivity index (χ1) is 9.19. The smallest absolute Gasteiger partial charge is 0.165 e. The Labute approximate surface area is 112 Å². The van der Waals surface area contributed by atoms with Crippen LogP contribution in [-0.4, -0.2) is 49.6 Å². The lowest BCUT2D eigenvalue weighted by molar-refractivity contribution is 0.152. The van der Waals surface area contributed by atoms with Crippen LogP contribution in [0.3, 0.4) is 0 Å². The number of halogens is 1. The van der Waals surface area contributed by atoms with Crippen LogP contribution in [0, 0.1) is 0 Å². The van der Waals surface area contributed by atoms with Gasteiger partial charge in [-0.1, -0.05) is 12.1 Å². The Hall–Kier alpha value is -1.33. The highest BCUT2D eigenvalue weighted by Crippen LogP contribution is 2.33. The summed E-state index contributed by atoms with van der Waals surface area (Å²) in [5, 5.41) is 9.30. The summed E-state index contributed by atoms with van der Waals surface area (Å²) in [4.78, 5) is 1.95. The third-order valence-electron chi connectivity index (χ3n) is 3.55. The molecule has 2 atom stereocenters. The maximum atomic E-state index is 13.4. The predicted octanol–water partition coefficient (Wildman–Crippen LogP) is 1.61. The van der Waals surface area contributed by atoms with Crippen LogP contribution in [0.4, 0.5) is 4.39 Å². The summed E-state index contributed by atoms with van der Waals surface area (Å²) in [7, 11) is 3.18. The van der Waals surface area contributed by atoms with Crippen molar-refractivity contribution in [2.75, 3.05) is 27.4 Å². The van der Waals surface area contributed by atoms with Gasteiger partial charge in [0.1, 0.15) is 6.17 Å². The van der Waals surface area contributed by atoms with Gasteiger partial charge in [-0.3, -0.25) is 4.90 Å². The second-order valence-electron chi connectivity index (χ2n) is 4.75. The average molecular weight is 269 g/mol. The largest absolute Gasteiger partial charge is 0.493 e. The second-order valence-corrected chi connectivity index (χ2v) is 4.75. The molecule has 1 aromatic carbocycles. The number of likely N-dealkylation sites (tertiary alicyclic amines) is 1. The molecule has 5 heteroatoms. The SMILES string of the molecule is COc1cccc(CN2C[C@@H](F)C[C@H]2CO)c1OC. The van der Waals surface area contributed by atoms with Crippen LogP contribution in [-0.2, 0) is 6.54 Å². The number of benzene rings is 1. The molecular weight excluding hydrogens is 249 g/mol. The summed E-state index contributed by atoms with van der Waals surface area (Å²) in [6.07, 6.45) is -0.475. The third-order valence-corrected chi connectivity index (χ3v) is 3.55. The second kappa shape index (κ2) is 6.21. The topological polar surface area (TPSA) is 41.9 Å². The maximum absolute atomic E-state index is 13.4. The first-order valence-electron chi connectivity index (χ1n) is 6.38. The first kappa shape index (κ1) is 14.1. The van der Waals surface area contributed by atoms with Gasteiger partial charge in [-0.15, -0.1) is 0 Å². The lowest BCUT2D eigenvalue weighted by atomic mass is 10.1. The molecule has 0 aromatic heterocycles. The van der Waals surface area contributed by atoms with E-state index in [1.807, 2.05) is 23.1 Å². The first-order valence-corrected chi connectivity index (χ1v) is 6.38. The van der Waals surface area contributed by atoms with E-state index in [0.717, 1.165) is 5.56 Å². The van der Waals surface area contributed by atoms with Crippen LogP contribution < -0.4 is 9.47 Å². The lowest BCUT2D eigenvalue weighted by Gasteiger charge is -2.23. The average Bonchev–Trinajstić information content (AvgIpc) is 2.78. The van der Waals surface area contributed by atoms with Crippen LogP contribution in [0.15, 0.2) is 18.2 Å². The highest BCUT2D eigenvalue weighted by molar-refractivity contribution is 5.46. The van der Waals surface area contributed by atoms with Crippen molar-refractivity contribution in [2.45, 2.75) is 25.2 Å². The number of para-hydroxylation sites is 1. The Kier molecular flexibility index (Phi) is 4.61. The zero-order valence-corrected chi connectivity index (χ0v) is 11.3. The Balaban J connectivity index is 2.18. The van der Waals surface area contributed by atoms with Crippen molar-refractivity contribution < 1.29 is 19.0 Å². The van der Waals surface area contributed by atoms with Crippen LogP contribution in [0.2, 0.25) is 0 Å². The van der Waals surface area contributed by atoms with E-state index in [4.69, 9.17) is 9.47 Å². The third kappa shape index (κ3) is 2.98. The molecule has 106 valence electrons. The van der Waals surface area contributed by atoms with Gasteiger partial charge >= 0.3 is 0 Å². The van der Waals surface area contributed by atoms with Gasteiger partial charge in [0.05, 0.1) is 20.8 Å². The van der Waals surface area contributed by atoms with E-state index in [1.54, 1.807) is 14.2 Å². The zero-order valence-electron chi connectivity index (χ0n) is 11.3. The van der Waals surface area contributed by atoms with Crippen molar-refractivity contribution in [3.05, 3.63) is 23.8 Å². The zero-order chi connectivity index (χ0) is 13.8. The van der Waals surface area contributed by atoms with Crippen LogP contribution >= 0.6 is 0 Å². The minimum atomic E-state index is -0.867. The summed E-state index contributed by atoms with van der Waals surface area (Å²) in [5.74, 6) is 1.33. The van der Waals surface area contributed by atoms with Crippen molar-refractivity contribution in [1.29, 1.82) is 0 Å². The van der Waals surface area contributed by atoms with E-state index in [0.29, 0.717) is 31.0 Å². The highest BCUT2D eigenvalue weighted by atomic mass is 19.1. The van der Waals surface area contributed by atoms with Gasteiger partial charge < -0.3 is 14.6 Å². The molecule has 2 rings (SSSR count). The molecule has 1 saturated heterocycles. The summed E-state index contributed by atoms with van der Waals surface area (Å²) < 4.78 is 24.0. The van der Waals surface area contributed by atoms with E-state index in [9.17, 15) is 9.50 Å². The van der Waals surface area contributed by atoms with Gasteiger partial charge in [0.15, 0.2) is 11.5 Å². The maximum Gasteiger partial charge on any atom is 0.165 e. The fourth-order valence-electron chi connectivity index (χ4n) is 2.60. The highest BCUT2D eigenvalue weighted by Gasteiger charge is 2.32. The van der Waals surface area contributed by atoms with Gasteiger partial charge in [0.25, 0.3) is 0 Å². The Morgan fingerprint density at radius 3 is 2.79 bits per heavy atom. The van der Waals surface area contributed by atoms with Crippen LogP contribution in [0.25, 0.3) is 0 Å². The predicted molar refractivity (Wildman–Crippen MR) is 70.3 cm³/mol. The Bertz CT molecular complexity index is 427. The molecule has 1 N–H and O–H groups in total. The van der Waals surface area contributed by atoms with Gasteiger partial charge in [0.2, 0.25) is 0 Å². The van der Waals surface area contributed by atoms with Crippen LogP contribution in [0.5, 0.6) is 11.5 Å². The molecule has 0 saturated carbocycles. The Morgan fingerprint density at radius 2 is 2.16 bits per heavy atom. The fraction of sp³-hybridized carbons (Fsp3) is 0.571. The van der Waals surface area contributed by atoms with Gasteiger partial charge in [-0.2, -0.15) is 0 Å². The quantitative estimate of drug-likeness (QED) is 0.882. The molecule has 19 heavy (non-hydrogen) atoms. The molecule has 0 amide bonds. The molecule has 1 heterocycles.